The molecule has 1 fully saturated rings. The second kappa shape index (κ2) is 13.7. The molecule has 2 aromatic carbocycles. The average molecular weight is 529 g/mol. The molecule has 0 saturated heterocycles. The first kappa shape index (κ1) is 29.6. The number of nitrogens with zero attached hydrogens (tertiary/aromatic N) is 1. The Morgan fingerprint density at radius 1 is 1.08 bits per heavy atom. The van der Waals surface area contributed by atoms with Crippen LogP contribution in [0.4, 0.5) is 14.9 Å². The number of halogens is 1. The highest BCUT2D eigenvalue weighted by atomic mass is 19.1. The van der Waals surface area contributed by atoms with Gasteiger partial charge in [-0.05, 0) is 73.8 Å². The monoisotopic (exact) mass is 528 g/mol. The van der Waals surface area contributed by atoms with Crippen molar-refractivity contribution < 1.29 is 28.6 Å². The Kier molecular flexibility index (Phi) is 10.7. The van der Waals surface area contributed by atoms with E-state index in [-0.39, 0.29) is 30.3 Å². The molecule has 0 aromatic heterocycles. The van der Waals surface area contributed by atoms with Crippen LogP contribution in [-0.4, -0.2) is 53.9 Å². The van der Waals surface area contributed by atoms with Crippen LogP contribution in [0.25, 0.3) is 0 Å². The molecule has 2 unspecified atom stereocenters. The maximum absolute atomic E-state index is 13.6. The Labute approximate surface area is 225 Å². The number of hydrogen-bond acceptors (Lipinski definition) is 4. The van der Waals surface area contributed by atoms with Gasteiger partial charge in [-0.3, -0.25) is 0 Å². The zero-order chi connectivity index (χ0) is 27.7. The van der Waals surface area contributed by atoms with Crippen LogP contribution in [0.2, 0.25) is 0 Å². The highest BCUT2D eigenvalue weighted by Gasteiger charge is 2.25. The lowest BCUT2D eigenvalue weighted by Crippen LogP contribution is -2.40. The predicted octanol–water partition coefficient (Wildman–Crippen LogP) is 6.65. The number of aromatic carboxylic acids is 1. The number of carboxylic acid groups (broad SMARTS) is 1. The zero-order valence-corrected chi connectivity index (χ0v) is 23.0. The van der Waals surface area contributed by atoms with Crippen molar-refractivity contribution in [1.82, 2.24) is 4.90 Å². The van der Waals surface area contributed by atoms with E-state index in [4.69, 9.17) is 9.47 Å². The number of hydrogen-bond donors (Lipinski definition) is 2. The minimum absolute atomic E-state index is 0.0100. The highest BCUT2D eigenvalue weighted by Crippen LogP contribution is 2.26. The topological polar surface area (TPSA) is 88.1 Å². The molecule has 0 aliphatic heterocycles. The molecular weight excluding hydrogens is 487 g/mol. The molecule has 0 radical (unpaired) electrons. The minimum atomic E-state index is -0.941. The molecule has 8 heteroatoms. The van der Waals surface area contributed by atoms with Crippen molar-refractivity contribution in [2.24, 2.45) is 5.41 Å². The Balaban J connectivity index is 1.51. The third-order valence-corrected chi connectivity index (χ3v) is 6.84. The number of rotatable bonds is 11. The first-order valence-corrected chi connectivity index (χ1v) is 13.4. The van der Waals surface area contributed by atoms with Crippen molar-refractivity contribution in [1.29, 1.82) is 0 Å². The number of benzene rings is 2. The van der Waals surface area contributed by atoms with Gasteiger partial charge >= 0.3 is 12.0 Å². The molecule has 2 atom stereocenters. The minimum Gasteiger partial charge on any atom is -0.478 e. The van der Waals surface area contributed by atoms with Crippen molar-refractivity contribution in [3.8, 4) is 0 Å². The molecule has 38 heavy (non-hydrogen) atoms. The fraction of sp³-hybridized carbons (Fsp3) is 0.533. The number of nitrogens with one attached hydrogen (secondary N) is 1. The summed E-state index contributed by atoms with van der Waals surface area (Å²) in [6.07, 6.45) is 4.34. The third kappa shape index (κ3) is 9.40. The summed E-state index contributed by atoms with van der Waals surface area (Å²) in [4.78, 5) is 26.4. The van der Waals surface area contributed by atoms with E-state index in [1.807, 2.05) is 6.07 Å². The van der Waals surface area contributed by atoms with Gasteiger partial charge in [0.2, 0.25) is 0 Å². The van der Waals surface area contributed by atoms with Crippen LogP contribution in [0.5, 0.6) is 0 Å². The highest BCUT2D eigenvalue weighted by molar-refractivity contribution is 5.91. The number of ether oxygens (including phenoxy) is 2. The van der Waals surface area contributed by atoms with Crippen molar-refractivity contribution in [3.63, 3.8) is 0 Å². The van der Waals surface area contributed by atoms with Gasteiger partial charge in [-0.2, -0.15) is 0 Å². The lowest BCUT2D eigenvalue weighted by Gasteiger charge is -2.31. The van der Waals surface area contributed by atoms with Crippen LogP contribution in [0.3, 0.4) is 0 Å². The number of anilines is 1. The number of carbonyl (C=O) groups is 2. The fourth-order valence-corrected chi connectivity index (χ4v) is 4.65. The molecule has 3 rings (SSSR count). The summed E-state index contributed by atoms with van der Waals surface area (Å²) < 4.78 is 25.9. The maximum Gasteiger partial charge on any atom is 0.336 e. The van der Waals surface area contributed by atoms with Gasteiger partial charge in [-0.15, -0.1) is 0 Å². The molecular formula is C30H41FN2O5. The first-order chi connectivity index (χ1) is 18.0. The van der Waals surface area contributed by atoms with Crippen LogP contribution < -0.4 is 5.32 Å². The van der Waals surface area contributed by atoms with E-state index in [1.165, 1.54) is 12.1 Å². The summed E-state index contributed by atoms with van der Waals surface area (Å²) in [6, 6.07) is 11.0. The normalized spacial score (nSPS) is 17.7. The van der Waals surface area contributed by atoms with E-state index in [0.717, 1.165) is 37.7 Å². The first-order valence-electron chi connectivity index (χ1n) is 13.4. The molecule has 1 aliphatic rings. The molecule has 2 aromatic rings. The number of carboxylic acids is 1. The van der Waals surface area contributed by atoms with Gasteiger partial charge in [0.25, 0.3) is 0 Å². The molecule has 2 amide bonds. The Hall–Kier alpha value is -2.97. The van der Waals surface area contributed by atoms with Gasteiger partial charge in [0.15, 0.2) is 0 Å². The number of aryl methyl sites for hydroxylation is 1. The Morgan fingerprint density at radius 3 is 2.47 bits per heavy atom. The summed E-state index contributed by atoms with van der Waals surface area (Å²) in [5.41, 5.74) is 2.19. The lowest BCUT2D eigenvalue weighted by atomic mass is 9.92. The van der Waals surface area contributed by atoms with Crippen LogP contribution in [0, 0.1) is 18.2 Å². The van der Waals surface area contributed by atoms with Crippen molar-refractivity contribution in [3.05, 3.63) is 65.0 Å². The summed E-state index contributed by atoms with van der Waals surface area (Å²) in [5, 5.41) is 12.4. The standard InChI is InChI=1S/C30H41FN2O5/c1-21-8-5-9-22(27(21)28(34)35)20-38-26-13-7-12-25(19-26)37-17-16-33(15-14-30(2,3)4)29(36)32-24-11-6-10-23(31)18-24/h5-6,8-11,18,25-26H,7,12-17,19-20H2,1-4H3,(H,32,36)(H,34,35). The maximum atomic E-state index is 13.6. The number of urea groups is 1. The summed E-state index contributed by atoms with van der Waals surface area (Å²) in [6.45, 7) is 9.80. The molecule has 1 saturated carbocycles. The summed E-state index contributed by atoms with van der Waals surface area (Å²) in [7, 11) is 0. The van der Waals surface area contributed by atoms with E-state index >= 15 is 0 Å². The fourth-order valence-electron chi connectivity index (χ4n) is 4.65. The second-order valence-corrected chi connectivity index (χ2v) is 11.2. The Morgan fingerprint density at radius 2 is 1.79 bits per heavy atom. The molecule has 2 N–H and O–H groups in total. The molecule has 1 aliphatic carbocycles. The lowest BCUT2D eigenvalue weighted by molar-refractivity contribution is -0.0524. The third-order valence-electron chi connectivity index (χ3n) is 6.84. The van der Waals surface area contributed by atoms with Gasteiger partial charge in [0.1, 0.15) is 5.82 Å². The predicted molar refractivity (Wildman–Crippen MR) is 146 cm³/mol. The van der Waals surface area contributed by atoms with Crippen LogP contribution in [0.1, 0.15) is 74.4 Å². The van der Waals surface area contributed by atoms with E-state index in [0.29, 0.717) is 36.5 Å². The van der Waals surface area contributed by atoms with Crippen LogP contribution >= 0.6 is 0 Å². The largest absolute Gasteiger partial charge is 0.478 e. The van der Waals surface area contributed by atoms with Gasteiger partial charge < -0.3 is 24.8 Å². The molecule has 0 bridgehead atoms. The molecule has 7 nitrogen and oxygen atoms in total. The summed E-state index contributed by atoms with van der Waals surface area (Å²) >= 11 is 0. The van der Waals surface area contributed by atoms with Crippen molar-refractivity contribution in [2.45, 2.75) is 78.6 Å². The number of carbonyl (C=O) groups excluding carboxylic acids is 1. The van der Waals surface area contributed by atoms with E-state index < -0.39 is 11.8 Å². The summed E-state index contributed by atoms with van der Waals surface area (Å²) in [5.74, 6) is -1.34. The Bertz CT molecular complexity index is 1080. The SMILES string of the molecule is Cc1cccc(COC2CCCC(OCCN(CCC(C)(C)C)C(=O)Nc3cccc(F)c3)C2)c1C(=O)O. The quantitative estimate of drug-likeness (QED) is 0.341. The number of amides is 2. The average Bonchev–Trinajstić information content (AvgIpc) is 2.84. The van der Waals surface area contributed by atoms with E-state index in [9.17, 15) is 19.1 Å². The van der Waals surface area contributed by atoms with Gasteiger partial charge in [0.05, 0.1) is 31.0 Å². The van der Waals surface area contributed by atoms with Gasteiger partial charge in [0, 0.05) is 18.8 Å². The molecule has 0 spiro atoms. The van der Waals surface area contributed by atoms with Crippen LogP contribution in [-0.2, 0) is 16.1 Å². The zero-order valence-electron chi connectivity index (χ0n) is 23.0. The van der Waals surface area contributed by atoms with E-state index in [2.05, 4.69) is 26.1 Å². The van der Waals surface area contributed by atoms with Gasteiger partial charge in [-0.1, -0.05) is 45.0 Å². The van der Waals surface area contributed by atoms with Crippen molar-refractivity contribution in [2.75, 3.05) is 25.0 Å². The van der Waals surface area contributed by atoms with Crippen LogP contribution in [0.15, 0.2) is 42.5 Å². The van der Waals surface area contributed by atoms with E-state index in [1.54, 1.807) is 36.1 Å². The van der Waals surface area contributed by atoms with Crippen molar-refractivity contribution >= 4 is 17.7 Å². The smallest absolute Gasteiger partial charge is 0.336 e. The molecule has 0 heterocycles. The van der Waals surface area contributed by atoms with Gasteiger partial charge in [-0.25, -0.2) is 14.0 Å². The molecule has 208 valence electrons. The second-order valence-electron chi connectivity index (χ2n) is 11.2.